The quantitative estimate of drug-likeness (QED) is 0.0935. The molecule has 1 heterocycles. The maximum Gasteiger partial charge on any atom is 0.339 e. The van der Waals surface area contributed by atoms with Gasteiger partial charge in [-0.25, -0.2) is 4.79 Å². The molecule has 3 N–H and O–H groups in total. The molecule has 8 nitrogen and oxygen atoms in total. The lowest BCUT2D eigenvalue weighted by molar-refractivity contribution is -0.135. The minimum absolute atomic E-state index is 0.258. The molecule has 0 aliphatic carbocycles. The van der Waals surface area contributed by atoms with Crippen LogP contribution in [0.25, 0.3) is 0 Å². The van der Waals surface area contributed by atoms with Gasteiger partial charge in [0.2, 0.25) is 11.8 Å². The molecular formula is C38H52N2O6. The number of aromatic hydroxyl groups is 1. The van der Waals surface area contributed by atoms with Crippen LogP contribution in [0.15, 0.2) is 91.1 Å². The van der Waals surface area contributed by atoms with Gasteiger partial charge in [0.15, 0.2) is 0 Å². The number of carboxylic acid groups (broad SMARTS) is 1. The Bertz CT molecular complexity index is 1280. The first-order chi connectivity index (χ1) is 22.3. The highest BCUT2D eigenvalue weighted by Gasteiger charge is 2.40. The van der Waals surface area contributed by atoms with Crippen molar-refractivity contribution in [2.75, 3.05) is 11.5 Å². The largest absolute Gasteiger partial charge is 0.507 e. The monoisotopic (exact) mass is 632 g/mol. The van der Waals surface area contributed by atoms with Gasteiger partial charge in [-0.1, -0.05) is 86.8 Å². The van der Waals surface area contributed by atoms with Gasteiger partial charge < -0.3 is 25.2 Å². The van der Waals surface area contributed by atoms with Crippen LogP contribution in [-0.2, 0) is 14.3 Å². The first kappa shape index (κ1) is 38.0. The van der Waals surface area contributed by atoms with Crippen LogP contribution in [0, 0.1) is 0 Å². The standard InChI is InChI=1S/C38H52N2O6/c1-4-6-7-8-9-10-11-12-13-14-15-16-17-18-19-20-21-22-23-24-27-46-35(5-2)36(42)39-33-28-30(3)40(37(33)43)31-25-26-34(41)32(29-31)38(44)45/h6-7,9-10,12-13,15-16,18-19,21-22,25-26,29-30,33,35,41H,4-5,8,11,14,17,20,23-24,27-28H2,1-3H3,(H,39,42)(H,44,45)/b7-6-,10-9-,13-12-,16-15-,19-18-,22-21-. The van der Waals surface area contributed by atoms with Gasteiger partial charge in [0.1, 0.15) is 23.5 Å². The van der Waals surface area contributed by atoms with E-state index in [4.69, 9.17) is 4.74 Å². The minimum Gasteiger partial charge on any atom is -0.507 e. The zero-order valence-electron chi connectivity index (χ0n) is 27.6. The number of carbonyl (C=O) groups excluding carboxylic acids is 2. The lowest BCUT2D eigenvalue weighted by Crippen LogP contribution is -2.46. The number of nitrogens with zero attached hydrogens (tertiary/aromatic N) is 1. The predicted molar refractivity (Wildman–Crippen MR) is 186 cm³/mol. The SMILES string of the molecule is CC/C=C\C/C=C\C/C=C\C/C=C\C/C=C\C/C=C\CCCOC(CC)C(=O)NC1CC(C)N(c2ccc(O)c(C(=O)O)c2)C1=O. The number of ether oxygens (including phenoxy) is 1. The van der Waals surface area contributed by atoms with E-state index in [1.54, 1.807) is 0 Å². The fourth-order valence-electron chi connectivity index (χ4n) is 4.99. The second kappa shape index (κ2) is 22.4. The van der Waals surface area contributed by atoms with Crippen molar-refractivity contribution in [3.8, 4) is 5.75 Å². The molecule has 0 saturated carbocycles. The summed E-state index contributed by atoms with van der Waals surface area (Å²) in [5, 5.41) is 21.9. The maximum atomic E-state index is 13.1. The molecule has 0 aromatic heterocycles. The molecule has 0 spiro atoms. The third-order valence-electron chi connectivity index (χ3n) is 7.45. The molecule has 1 fully saturated rings. The molecule has 3 unspecified atom stereocenters. The van der Waals surface area contributed by atoms with Crippen molar-refractivity contribution in [1.82, 2.24) is 5.32 Å². The highest BCUT2D eigenvalue weighted by atomic mass is 16.5. The number of phenols is 1. The van der Waals surface area contributed by atoms with Gasteiger partial charge in [0.25, 0.3) is 0 Å². The average Bonchev–Trinajstić information content (AvgIpc) is 3.31. The van der Waals surface area contributed by atoms with Crippen molar-refractivity contribution in [3.05, 3.63) is 96.7 Å². The van der Waals surface area contributed by atoms with Crippen LogP contribution in [0.2, 0.25) is 0 Å². The van der Waals surface area contributed by atoms with E-state index in [0.717, 1.165) is 51.4 Å². The zero-order chi connectivity index (χ0) is 33.6. The van der Waals surface area contributed by atoms with Gasteiger partial charge in [-0.05, 0) is 89.3 Å². The number of unbranched alkanes of at least 4 members (excludes halogenated alkanes) is 1. The lowest BCUT2D eigenvalue weighted by atomic mass is 10.1. The van der Waals surface area contributed by atoms with Crippen LogP contribution in [0.1, 0.15) is 95.3 Å². The van der Waals surface area contributed by atoms with E-state index in [9.17, 15) is 24.6 Å². The van der Waals surface area contributed by atoms with E-state index in [-0.39, 0.29) is 29.2 Å². The summed E-state index contributed by atoms with van der Waals surface area (Å²) in [5.74, 6) is -2.31. The molecular weight excluding hydrogens is 580 g/mol. The number of allylic oxidation sites excluding steroid dienone is 12. The van der Waals surface area contributed by atoms with Gasteiger partial charge in [-0.15, -0.1) is 0 Å². The van der Waals surface area contributed by atoms with E-state index in [2.05, 4.69) is 85.2 Å². The number of hydrogen-bond donors (Lipinski definition) is 3. The second-order valence-electron chi connectivity index (χ2n) is 11.2. The van der Waals surface area contributed by atoms with Crippen molar-refractivity contribution >= 4 is 23.5 Å². The Balaban J connectivity index is 1.62. The number of hydrogen-bond acceptors (Lipinski definition) is 5. The highest BCUT2D eigenvalue weighted by Crippen LogP contribution is 2.30. The summed E-state index contributed by atoms with van der Waals surface area (Å²) in [6, 6.07) is 3.03. The molecule has 2 amide bonds. The summed E-state index contributed by atoms with van der Waals surface area (Å²) in [7, 11) is 0. The van der Waals surface area contributed by atoms with Gasteiger partial charge in [0, 0.05) is 18.3 Å². The molecule has 0 bridgehead atoms. The average molecular weight is 633 g/mol. The zero-order valence-corrected chi connectivity index (χ0v) is 27.6. The smallest absolute Gasteiger partial charge is 0.339 e. The first-order valence-corrected chi connectivity index (χ1v) is 16.5. The Morgan fingerprint density at radius 3 is 1.98 bits per heavy atom. The number of aromatic carboxylic acids is 1. The van der Waals surface area contributed by atoms with Crippen LogP contribution in [-0.4, -0.2) is 52.8 Å². The van der Waals surface area contributed by atoms with Crippen LogP contribution < -0.4 is 10.2 Å². The van der Waals surface area contributed by atoms with Crippen molar-refractivity contribution in [1.29, 1.82) is 0 Å². The Morgan fingerprint density at radius 1 is 0.913 bits per heavy atom. The minimum atomic E-state index is -1.28. The van der Waals surface area contributed by atoms with Crippen molar-refractivity contribution in [3.63, 3.8) is 0 Å². The third kappa shape index (κ3) is 13.9. The van der Waals surface area contributed by atoms with Crippen LogP contribution in [0.5, 0.6) is 5.75 Å². The number of rotatable bonds is 21. The number of benzene rings is 1. The van der Waals surface area contributed by atoms with Crippen LogP contribution in [0.4, 0.5) is 5.69 Å². The number of carboxylic acids is 1. The number of amides is 2. The summed E-state index contributed by atoms with van der Waals surface area (Å²) in [4.78, 5) is 38.9. The number of carbonyl (C=O) groups is 3. The van der Waals surface area contributed by atoms with Crippen molar-refractivity contribution < 1.29 is 29.3 Å². The Morgan fingerprint density at radius 2 is 1.46 bits per heavy atom. The van der Waals surface area contributed by atoms with Gasteiger partial charge in [-0.3, -0.25) is 9.59 Å². The molecule has 1 aromatic rings. The van der Waals surface area contributed by atoms with Crippen LogP contribution >= 0.6 is 0 Å². The molecule has 2 rings (SSSR count). The first-order valence-electron chi connectivity index (χ1n) is 16.5. The number of anilines is 1. The summed E-state index contributed by atoms with van der Waals surface area (Å²) in [6.07, 6.45) is 33.8. The highest BCUT2D eigenvalue weighted by molar-refractivity contribution is 6.03. The Hall–Kier alpha value is -4.17. The Labute approximate surface area is 274 Å². The van der Waals surface area contributed by atoms with Gasteiger partial charge in [0.05, 0.1) is 0 Å². The summed E-state index contributed by atoms with van der Waals surface area (Å²) < 4.78 is 5.83. The molecule has 0 radical (unpaired) electrons. The van der Waals surface area contributed by atoms with E-state index in [0.29, 0.717) is 25.1 Å². The number of nitrogens with one attached hydrogen (secondary N) is 1. The van der Waals surface area contributed by atoms with E-state index in [1.807, 2.05) is 13.8 Å². The van der Waals surface area contributed by atoms with E-state index >= 15 is 0 Å². The molecule has 8 heteroatoms. The molecule has 1 aromatic carbocycles. The summed E-state index contributed by atoms with van der Waals surface area (Å²) in [6.45, 7) is 6.28. The second-order valence-corrected chi connectivity index (χ2v) is 11.2. The van der Waals surface area contributed by atoms with Gasteiger partial charge >= 0.3 is 5.97 Å². The predicted octanol–water partition coefficient (Wildman–Crippen LogP) is 7.97. The molecule has 250 valence electrons. The molecule has 3 atom stereocenters. The van der Waals surface area contributed by atoms with Gasteiger partial charge in [-0.2, -0.15) is 0 Å². The summed E-state index contributed by atoms with van der Waals surface area (Å²) in [5.41, 5.74) is 0.0792. The van der Waals surface area contributed by atoms with Crippen molar-refractivity contribution in [2.24, 2.45) is 0 Å². The van der Waals surface area contributed by atoms with E-state index < -0.39 is 18.1 Å². The third-order valence-corrected chi connectivity index (χ3v) is 7.45. The molecule has 1 saturated heterocycles. The normalized spacial score (nSPS) is 18.1. The lowest BCUT2D eigenvalue weighted by Gasteiger charge is -2.22. The Kier molecular flexibility index (Phi) is 18.5. The fraction of sp³-hybridized carbons (Fsp3) is 0.447. The van der Waals surface area contributed by atoms with Crippen LogP contribution in [0.3, 0.4) is 0 Å². The topological polar surface area (TPSA) is 116 Å². The fourth-order valence-corrected chi connectivity index (χ4v) is 4.99. The van der Waals surface area contributed by atoms with Crippen molar-refractivity contribution in [2.45, 2.75) is 103 Å². The van der Waals surface area contributed by atoms with E-state index in [1.165, 1.54) is 23.1 Å². The summed E-state index contributed by atoms with van der Waals surface area (Å²) >= 11 is 0. The molecule has 46 heavy (non-hydrogen) atoms. The molecule has 1 aliphatic heterocycles. The maximum absolute atomic E-state index is 13.1. The molecule has 1 aliphatic rings.